The van der Waals surface area contributed by atoms with Crippen LogP contribution in [0.25, 0.3) is 11.3 Å². The first kappa shape index (κ1) is 16.6. The van der Waals surface area contributed by atoms with Gasteiger partial charge in [-0.25, -0.2) is 0 Å². The van der Waals surface area contributed by atoms with E-state index in [2.05, 4.69) is 90.4 Å². The first-order chi connectivity index (χ1) is 12.7. The van der Waals surface area contributed by atoms with Crippen molar-refractivity contribution in [1.82, 2.24) is 10.6 Å². The fraction of sp³-hybridized carbons (Fsp3) is 0.0870. The Morgan fingerprint density at radius 1 is 0.731 bits per heavy atom. The SMILES string of the molecule is Cc1ccc(C2NC(=S)NC(c3ccccc3)=C2c2ccccc2)cc1. The van der Waals surface area contributed by atoms with Crippen LogP contribution in [0.2, 0.25) is 0 Å². The largest absolute Gasteiger partial charge is 0.351 e. The monoisotopic (exact) mass is 356 g/mol. The van der Waals surface area contributed by atoms with Crippen molar-refractivity contribution in [3.8, 4) is 0 Å². The summed E-state index contributed by atoms with van der Waals surface area (Å²) in [5.74, 6) is 0. The fourth-order valence-electron chi connectivity index (χ4n) is 3.33. The summed E-state index contributed by atoms with van der Waals surface area (Å²) in [5.41, 5.74) is 7.03. The summed E-state index contributed by atoms with van der Waals surface area (Å²) in [5, 5.41) is 7.50. The summed E-state index contributed by atoms with van der Waals surface area (Å²) in [6.45, 7) is 2.10. The molecule has 0 saturated heterocycles. The van der Waals surface area contributed by atoms with Crippen molar-refractivity contribution < 1.29 is 0 Å². The molecule has 1 aliphatic rings. The molecule has 2 N–H and O–H groups in total. The van der Waals surface area contributed by atoms with Gasteiger partial charge in [0.05, 0.1) is 11.7 Å². The molecule has 4 rings (SSSR count). The molecule has 0 aliphatic carbocycles. The van der Waals surface area contributed by atoms with Gasteiger partial charge >= 0.3 is 0 Å². The molecule has 1 atom stereocenters. The number of hydrogen-bond acceptors (Lipinski definition) is 1. The molecular weight excluding hydrogens is 336 g/mol. The third-order valence-electron chi connectivity index (χ3n) is 4.63. The number of aryl methyl sites for hydroxylation is 1. The highest BCUT2D eigenvalue weighted by Gasteiger charge is 2.28. The maximum absolute atomic E-state index is 5.53. The second-order valence-corrected chi connectivity index (χ2v) is 6.87. The van der Waals surface area contributed by atoms with Gasteiger partial charge in [0.2, 0.25) is 0 Å². The molecule has 0 fully saturated rings. The Bertz CT molecular complexity index is 945. The van der Waals surface area contributed by atoms with Crippen molar-refractivity contribution in [2.24, 2.45) is 0 Å². The Hall–Kier alpha value is -2.91. The van der Waals surface area contributed by atoms with Crippen LogP contribution in [0.15, 0.2) is 84.9 Å². The number of rotatable bonds is 3. The summed E-state index contributed by atoms with van der Waals surface area (Å²) >= 11 is 5.53. The zero-order valence-electron chi connectivity index (χ0n) is 14.6. The van der Waals surface area contributed by atoms with Crippen LogP contribution in [-0.2, 0) is 0 Å². The van der Waals surface area contributed by atoms with E-state index in [9.17, 15) is 0 Å². The lowest BCUT2D eigenvalue weighted by atomic mass is 9.88. The number of nitrogens with one attached hydrogen (secondary N) is 2. The third kappa shape index (κ3) is 3.26. The molecule has 26 heavy (non-hydrogen) atoms. The van der Waals surface area contributed by atoms with Crippen LogP contribution in [0.3, 0.4) is 0 Å². The minimum atomic E-state index is 0.00181. The van der Waals surface area contributed by atoms with Gasteiger partial charge in [-0.1, -0.05) is 90.5 Å². The highest BCUT2D eigenvalue weighted by molar-refractivity contribution is 7.80. The van der Waals surface area contributed by atoms with E-state index < -0.39 is 0 Å². The van der Waals surface area contributed by atoms with Crippen LogP contribution in [0.5, 0.6) is 0 Å². The Kier molecular flexibility index (Phi) is 4.55. The standard InChI is InChI=1S/C23H20N2S/c1-16-12-14-19(15-13-16)22-20(17-8-4-2-5-9-17)21(24-23(26)25-22)18-10-6-3-7-11-18/h2-15,22H,1H3,(H2,24,25,26). The molecule has 3 aromatic carbocycles. The highest BCUT2D eigenvalue weighted by Crippen LogP contribution is 2.37. The Morgan fingerprint density at radius 2 is 1.31 bits per heavy atom. The predicted octanol–water partition coefficient (Wildman–Crippen LogP) is 5.08. The van der Waals surface area contributed by atoms with E-state index >= 15 is 0 Å². The summed E-state index contributed by atoms with van der Waals surface area (Å²) in [6, 6.07) is 29.5. The zero-order valence-corrected chi connectivity index (χ0v) is 15.4. The van der Waals surface area contributed by atoms with Gasteiger partial charge in [-0.05, 0) is 35.8 Å². The van der Waals surface area contributed by atoms with Crippen LogP contribution in [0.1, 0.15) is 28.3 Å². The van der Waals surface area contributed by atoms with Crippen molar-refractivity contribution in [2.75, 3.05) is 0 Å². The topological polar surface area (TPSA) is 24.1 Å². The van der Waals surface area contributed by atoms with Gasteiger partial charge in [-0.2, -0.15) is 0 Å². The van der Waals surface area contributed by atoms with E-state index in [0.717, 1.165) is 11.3 Å². The lowest BCUT2D eigenvalue weighted by Crippen LogP contribution is -2.42. The number of thiocarbonyl (C=S) groups is 1. The molecule has 1 unspecified atom stereocenters. The first-order valence-electron chi connectivity index (χ1n) is 8.71. The van der Waals surface area contributed by atoms with E-state index in [1.54, 1.807) is 0 Å². The minimum Gasteiger partial charge on any atom is -0.351 e. The maximum atomic E-state index is 5.53. The van der Waals surface area contributed by atoms with E-state index in [-0.39, 0.29) is 6.04 Å². The average molecular weight is 356 g/mol. The first-order valence-corrected chi connectivity index (χ1v) is 9.12. The molecule has 0 radical (unpaired) electrons. The van der Waals surface area contributed by atoms with E-state index in [0.29, 0.717) is 5.11 Å². The summed E-state index contributed by atoms with van der Waals surface area (Å²) < 4.78 is 0. The van der Waals surface area contributed by atoms with Crippen LogP contribution >= 0.6 is 12.2 Å². The van der Waals surface area contributed by atoms with Gasteiger partial charge in [0, 0.05) is 5.57 Å². The van der Waals surface area contributed by atoms with Crippen molar-refractivity contribution in [3.63, 3.8) is 0 Å². The molecule has 0 saturated carbocycles. The smallest absolute Gasteiger partial charge is 0.171 e. The third-order valence-corrected chi connectivity index (χ3v) is 4.85. The van der Waals surface area contributed by atoms with Gasteiger partial charge in [-0.3, -0.25) is 0 Å². The van der Waals surface area contributed by atoms with E-state index in [4.69, 9.17) is 12.2 Å². The van der Waals surface area contributed by atoms with Crippen LogP contribution in [0, 0.1) is 6.92 Å². The molecule has 1 aliphatic heterocycles. The predicted molar refractivity (Wildman–Crippen MR) is 112 cm³/mol. The van der Waals surface area contributed by atoms with Crippen LogP contribution in [-0.4, -0.2) is 5.11 Å². The maximum Gasteiger partial charge on any atom is 0.171 e. The van der Waals surface area contributed by atoms with Crippen molar-refractivity contribution >= 4 is 28.6 Å². The van der Waals surface area contributed by atoms with E-state index in [1.807, 2.05) is 12.1 Å². The molecule has 3 aromatic rings. The lowest BCUT2D eigenvalue weighted by Gasteiger charge is -2.33. The molecule has 1 heterocycles. The molecule has 0 amide bonds. The van der Waals surface area contributed by atoms with Gasteiger partial charge < -0.3 is 10.6 Å². The van der Waals surface area contributed by atoms with Gasteiger partial charge in [0.15, 0.2) is 5.11 Å². The van der Waals surface area contributed by atoms with Crippen molar-refractivity contribution in [1.29, 1.82) is 0 Å². The second-order valence-electron chi connectivity index (χ2n) is 6.46. The summed E-state index contributed by atoms with van der Waals surface area (Å²) in [7, 11) is 0. The number of hydrogen-bond donors (Lipinski definition) is 2. The Balaban J connectivity index is 1.94. The van der Waals surface area contributed by atoms with Crippen molar-refractivity contribution in [2.45, 2.75) is 13.0 Å². The lowest BCUT2D eigenvalue weighted by molar-refractivity contribution is 0.784. The summed E-state index contributed by atoms with van der Waals surface area (Å²) in [4.78, 5) is 0. The fourth-order valence-corrected chi connectivity index (χ4v) is 3.55. The molecule has 0 aromatic heterocycles. The second kappa shape index (κ2) is 7.14. The minimum absolute atomic E-state index is 0.00181. The number of benzene rings is 3. The molecule has 2 nitrogen and oxygen atoms in total. The zero-order chi connectivity index (χ0) is 17.9. The van der Waals surface area contributed by atoms with Gasteiger partial charge in [0.25, 0.3) is 0 Å². The molecule has 0 bridgehead atoms. The van der Waals surface area contributed by atoms with Gasteiger partial charge in [0.1, 0.15) is 0 Å². The van der Waals surface area contributed by atoms with Gasteiger partial charge in [-0.15, -0.1) is 0 Å². The van der Waals surface area contributed by atoms with Crippen LogP contribution in [0.4, 0.5) is 0 Å². The Morgan fingerprint density at radius 3 is 1.92 bits per heavy atom. The molecule has 3 heteroatoms. The van der Waals surface area contributed by atoms with Crippen LogP contribution < -0.4 is 10.6 Å². The molecule has 128 valence electrons. The Labute approximate surface area is 159 Å². The quantitative estimate of drug-likeness (QED) is 0.640. The highest BCUT2D eigenvalue weighted by atomic mass is 32.1. The summed E-state index contributed by atoms with van der Waals surface area (Å²) in [6.07, 6.45) is 0. The average Bonchev–Trinajstić information content (AvgIpc) is 2.69. The normalized spacial score (nSPS) is 16.8. The van der Waals surface area contributed by atoms with Crippen molar-refractivity contribution in [3.05, 3.63) is 107 Å². The molecular formula is C23H20N2S. The van der Waals surface area contributed by atoms with E-state index in [1.165, 1.54) is 22.3 Å². The molecule has 0 spiro atoms.